The predicted octanol–water partition coefficient (Wildman–Crippen LogP) is 1.42. The summed E-state index contributed by atoms with van der Waals surface area (Å²) in [4.78, 5) is 33.8. The highest BCUT2D eigenvalue weighted by Gasteiger charge is 2.30. The number of hydrogen-bond donors (Lipinski definition) is 0. The maximum Gasteiger partial charge on any atom is 0.244 e. The van der Waals surface area contributed by atoms with Crippen molar-refractivity contribution in [2.75, 3.05) is 26.2 Å². The summed E-state index contributed by atoms with van der Waals surface area (Å²) in [6.07, 6.45) is 7.22. The van der Waals surface area contributed by atoms with E-state index in [1.54, 1.807) is 34.1 Å². The second-order valence-corrected chi connectivity index (χ2v) is 8.50. The van der Waals surface area contributed by atoms with Crippen LogP contribution in [0.5, 0.6) is 0 Å². The van der Waals surface area contributed by atoms with Crippen LogP contribution in [0.1, 0.15) is 48.8 Å². The Kier molecular flexibility index (Phi) is 6.47. The lowest BCUT2D eigenvalue weighted by Crippen LogP contribution is -2.44. The van der Waals surface area contributed by atoms with E-state index in [0.717, 1.165) is 37.7 Å². The quantitative estimate of drug-likeness (QED) is 0.663. The third-order valence-corrected chi connectivity index (χ3v) is 6.22. The molecule has 2 fully saturated rings. The smallest absolute Gasteiger partial charge is 0.244 e. The molecule has 0 aliphatic carbocycles. The van der Waals surface area contributed by atoms with E-state index in [0.29, 0.717) is 25.2 Å². The summed E-state index contributed by atoms with van der Waals surface area (Å²) >= 11 is 0. The minimum absolute atomic E-state index is 0.0421. The van der Waals surface area contributed by atoms with Crippen molar-refractivity contribution < 1.29 is 9.59 Å². The van der Waals surface area contributed by atoms with Gasteiger partial charge >= 0.3 is 0 Å². The Morgan fingerprint density at radius 1 is 1.17 bits per heavy atom. The summed E-state index contributed by atoms with van der Waals surface area (Å²) in [6, 6.07) is 3.55. The number of carbonyl (C=O) groups is 2. The number of carbonyl (C=O) groups excluding carboxylic acids is 2. The highest BCUT2D eigenvalue weighted by molar-refractivity contribution is 5.98. The average Bonchev–Trinajstić information content (AvgIpc) is 3.22. The van der Waals surface area contributed by atoms with Crippen LogP contribution in [0, 0.1) is 11.8 Å². The molecule has 30 heavy (non-hydrogen) atoms. The Labute approximate surface area is 176 Å². The molecular weight excluding hydrogens is 382 g/mol. The number of Topliss-reactive ketones (excluding diaryl/α,β-unsaturated/α-hetero) is 1. The van der Waals surface area contributed by atoms with E-state index in [2.05, 4.69) is 32.3 Å². The number of likely N-dealkylation sites (tertiary alicyclic amines) is 2. The lowest BCUT2D eigenvalue weighted by atomic mass is 9.90. The van der Waals surface area contributed by atoms with Crippen LogP contribution in [-0.2, 0) is 17.9 Å². The Morgan fingerprint density at radius 3 is 2.77 bits per heavy atom. The lowest BCUT2D eigenvalue weighted by molar-refractivity contribution is -0.133. The molecule has 4 rings (SSSR count). The van der Waals surface area contributed by atoms with Gasteiger partial charge < -0.3 is 4.90 Å². The van der Waals surface area contributed by atoms with Crippen LogP contribution in [-0.4, -0.2) is 72.9 Å². The third-order valence-electron chi connectivity index (χ3n) is 6.22. The van der Waals surface area contributed by atoms with Crippen molar-refractivity contribution in [3.63, 3.8) is 0 Å². The normalized spacial score (nSPS) is 21.0. The van der Waals surface area contributed by atoms with Crippen LogP contribution in [0.3, 0.4) is 0 Å². The number of ketones is 1. The number of tetrazole rings is 1. The summed E-state index contributed by atoms with van der Waals surface area (Å²) in [6.45, 7) is 6.23. The highest BCUT2D eigenvalue weighted by Crippen LogP contribution is 2.21. The molecule has 2 aromatic heterocycles. The predicted molar refractivity (Wildman–Crippen MR) is 109 cm³/mol. The zero-order chi connectivity index (χ0) is 20.9. The first-order valence-corrected chi connectivity index (χ1v) is 10.8. The van der Waals surface area contributed by atoms with Crippen molar-refractivity contribution >= 4 is 11.7 Å². The molecule has 160 valence electrons. The lowest BCUT2D eigenvalue weighted by Gasteiger charge is -2.32. The van der Waals surface area contributed by atoms with E-state index >= 15 is 0 Å². The molecule has 2 aromatic rings. The van der Waals surface area contributed by atoms with E-state index in [1.165, 1.54) is 12.8 Å². The van der Waals surface area contributed by atoms with Crippen LogP contribution >= 0.6 is 0 Å². The molecule has 2 aliphatic heterocycles. The summed E-state index contributed by atoms with van der Waals surface area (Å²) in [5, 5.41) is 12.0. The monoisotopic (exact) mass is 411 g/mol. The second-order valence-electron chi connectivity index (χ2n) is 8.50. The van der Waals surface area contributed by atoms with E-state index < -0.39 is 0 Å². The van der Waals surface area contributed by atoms with Crippen molar-refractivity contribution in [2.24, 2.45) is 11.8 Å². The standard InChI is InChI=1S/C21H29N7O2/c1-16-6-10-26(11-7-16)14-19-23-24-25-28(19)15-20(29)27-9-3-5-18(13-27)21(30)17-4-2-8-22-12-17/h2,4,8,12,16,18H,3,5-7,9-11,13-15H2,1H3/t18-/m0/s1. The van der Waals surface area contributed by atoms with Crippen LogP contribution in [0.25, 0.3) is 0 Å². The largest absolute Gasteiger partial charge is 0.340 e. The molecule has 0 radical (unpaired) electrons. The van der Waals surface area contributed by atoms with Crippen molar-refractivity contribution in [1.82, 2.24) is 35.0 Å². The molecule has 2 saturated heterocycles. The Morgan fingerprint density at radius 2 is 2.00 bits per heavy atom. The summed E-state index contributed by atoms with van der Waals surface area (Å²) in [7, 11) is 0. The number of nitrogens with zero attached hydrogens (tertiary/aromatic N) is 7. The molecule has 9 nitrogen and oxygen atoms in total. The molecule has 1 atom stereocenters. The number of rotatable bonds is 6. The van der Waals surface area contributed by atoms with Gasteiger partial charge in [0.2, 0.25) is 5.91 Å². The molecule has 4 heterocycles. The zero-order valence-electron chi connectivity index (χ0n) is 17.5. The average molecular weight is 412 g/mol. The van der Waals surface area contributed by atoms with E-state index in [4.69, 9.17) is 0 Å². The van der Waals surface area contributed by atoms with Gasteiger partial charge in [0.25, 0.3) is 0 Å². The minimum atomic E-state index is -0.185. The van der Waals surface area contributed by atoms with Crippen LogP contribution in [0.15, 0.2) is 24.5 Å². The van der Waals surface area contributed by atoms with Crippen LogP contribution in [0.4, 0.5) is 0 Å². The number of piperidine rings is 2. The number of hydrogen-bond acceptors (Lipinski definition) is 7. The molecule has 2 aliphatic rings. The van der Waals surface area contributed by atoms with Crippen LogP contribution in [0.2, 0.25) is 0 Å². The molecule has 9 heteroatoms. The maximum absolute atomic E-state index is 12.9. The molecule has 0 unspecified atom stereocenters. The first-order chi connectivity index (χ1) is 14.6. The maximum atomic E-state index is 12.9. The Hall–Kier alpha value is -2.68. The summed E-state index contributed by atoms with van der Waals surface area (Å²) in [5.74, 6) is 1.32. The van der Waals surface area contributed by atoms with E-state index in [-0.39, 0.29) is 24.2 Å². The molecule has 0 aromatic carbocycles. The fourth-order valence-corrected chi connectivity index (χ4v) is 4.27. The molecule has 0 spiro atoms. The van der Waals surface area contributed by atoms with Crippen molar-refractivity contribution in [2.45, 2.75) is 45.7 Å². The van der Waals surface area contributed by atoms with Crippen LogP contribution < -0.4 is 0 Å². The third kappa shape index (κ3) is 4.89. The molecule has 0 saturated carbocycles. The van der Waals surface area contributed by atoms with Gasteiger partial charge in [-0.1, -0.05) is 6.92 Å². The van der Waals surface area contributed by atoms with Crippen molar-refractivity contribution in [3.05, 3.63) is 35.9 Å². The number of aromatic nitrogens is 5. The van der Waals surface area contributed by atoms with Gasteiger partial charge in [0.1, 0.15) is 6.54 Å². The summed E-state index contributed by atoms with van der Waals surface area (Å²) < 4.78 is 1.60. The van der Waals surface area contributed by atoms with Gasteiger partial charge in [-0.15, -0.1) is 5.10 Å². The van der Waals surface area contributed by atoms with Gasteiger partial charge in [-0.2, -0.15) is 0 Å². The summed E-state index contributed by atoms with van der Waals surface area (Å²) in [5.41, 5.74) is 0.607. The van der Waals surface area contributed by atoms with Crippen molar-refractivity contribution in [1.29, 1.82) is 0 Å². The Bertz CT molecular complexity index is 861. The molecule has 0 bridgehead atoms. The molecule has 1 amide bonds. The fourth-order valence-electron chi connectivity index (χ4n) is 4.27. The topological polar surface area (TPSA) is 97.1 Å². The van der Waals surface area contributed by atoms with Gasteiger partial charge in [-0.05, 0) is 67.3 Å². The van der Waals surface area contributed by atoms with Gasteiger partial charge in [0.15, 0.2) is 11.6 Å². The van der Waals surface area contributed by atoms with Gasteiger partial charge in [-0.25, -0.2) is 4.68 Å². The van der Waals surface area contributed by atoms with E-state index in [1.807, 2.05) is 0 Å². The minimum Gasteiger partial charge on any atom is -0.340 e. The van der Waals surface area contributed by atoms with E-state index in [9.17, 15) is 9.59 Å². The zero-order valence-corrected chi connectivity index (χ0v) is 17.5. The number of amides is 1. The highest BCUT2D eigenvalue weighted by atomic mass is 16.2. The van der Waals surface area contributed by atoms with Gasteiger partial charge in [0, 0.05) is 37.0 Å². The van der Waals surface area contributed by atoms with Gasteiger partial charge in [-0.3, -0.25) is 19.5 Å². The number of pyridine rings is 1. The SMILES string of the molecule is CC1CCN(Cc2nnnn2CC(=O)N2CCC[C@H](C(=O)c3cccnc3)C2)CC1. The first-order valence-electron chi connectivity index (χ1n) is 10.8. The first kappa shape index (κ1) is 20.6. The molecule has 0 N–H and O–H groups in total. The van der Waals surface area contributed by atoms with Gasteiger partial charge in [0.05, 0.1) is 6.54 Å². The second kappa shape index (κ2) is 9.42. The van der Waals surface area contributed by atoms with Crippen molar-refractivity contribution in [3.8, 4) is 0 Å². The fraction of sp³-hybridized carbons (Fsp3) is 0.619. The Balaban J connectivity index is 1.35. The molecular formula is C21H29N7O2.